The molecule has 0 saturated carbocycles. The summed E-state index contributed by atoms with van der Waals surface area (Å²) in [4.78, 5) is 0. The van der Waals surface area contributed by atoms with Gasteiger partial charge in [0.15, 0.2) is 0 Å². The summed E-state index contributed by atoms with van der Waals surface area (Å²) in [5, 5.41) is 7.97. The molecule has 0 aliphatic carbocycles. The second kappa shape index (κ2) is 5.18. The van der Waals surface area contributed by atoms with Crippen molar-refractivity contribution < 1.29 is 0 Å². The van der Waals surface area contributed by atoms with Crippen LogP contribution < -0.4 is 0 Å². The molecular weight excluding hydrogens is 170 g/mol. The van der Waals surface area contributed by atoms with Crippen LogP contribution in [-0.2, 0) is 0 Å². The van der Waals surface area contributed by atoms with Crippen LogP contribution in [0.2, 0.25) is 0 Å². The van der Waals surface area contributed by atoms with Gasteiger partial charge in [-0.15, -0.1) is 0 Å². The Hall–Kier alpha value is -1.63. The minimum Gasteiger partial charge on any atom is -0.300 e. The highest BCUT2D eigenvalue weighted by Gasteiger charge is 2.02. The standard InChI is InChI=1S/C13H15N/c1-3-8-11(4-2)13(14)12-9-6-5-7-10-12/h3-10,14H,1-2H3/b8-3-,11-4+,14-13?. The normalized spacial score (nSPS) is 12.0. The highest BCUT2D eigenvalue weighted by atomic mass is 14.4. The first-order chi connectivity index (χ1) is 6.79. The van der Waals surface area contributed by atoms with E-state index in [1.54, 1.807) is 0 Å². The number of benzene rings is 1. The SMILES string of the molecule is C/C=C\C(=C/C)C(=N)c1ccccc1. The first-order valence-corrected chi connectivity index (χ1v) is 4.73. The summed E-state index contributed by atoms with van der Waals surface area (Å²) >= 11 is 0. The molecule has 1 nitrogen and oxygen atoms in total. The Labute approximate surface area is 85.3 Å². The van der Waals surface area contributed by atoms with Crippen LogP contribution in [-0.4, -0.2) is 5.71 Å². The first-order valence-electron chi connectivity index (χ1n) is 4.73. The van der Waals surface area contributed by atoms with E-state index in [2.05, 4.69) is 0 Å². The third-order valence-electron chi connectivity index (χ3n) is 2.01. The minimum absolute atomic E-state index is 0.575. The minimum atomic E-state index is 0.575. The maximum Gasteiger partial charge on any atom is 0.0681 e. The fourth-order valence-electron chi connectivity index (χ4n) is 1.27. The van der Waals surface area contributed by atoms with Crippen molar-refractivity contribution in [3.05, 3.63) is 59.7 Å². The van der Waals surface area contributed by atoms with E-state index in [1.807, 2.05) is 62.4 Å². The van der Waals surface area contributed by atoms with Crippen molar-refractivity contribution in [2.24, 2.45) is 0 Å². The molecule has 14 heavy (non-hydrogen) atoms. The van der Waals surface area contributed by atoms with Crippen LogP contribution in [0.5, 0.6) is 0 Å². The molecule has 1 aromatic carbocycles. The van der Waals surface area contributed by atoms with Crippen molar-refractivity contribution in [1.82, 2.24) is 0 Å². The van der Waals surface area contributed by atoms with E-state index in [4.69, 9.17) is 5.41 Å². The summed E-state index contributed by atoms with van der Waals surface area (Å²) in [5.74, 6) is 0. The van der Waals surface area contributed by atoms with Crippen LogP contribution in [0.1, 0.15) is 19.4 Å². The molecule has 0 bridgehead atoms. The van der Waals surface area contributed by atoms with Crippen molar-refractivity contribution in [2.75, 3.05) is 0 Å². The number of allylic oxidation sites excluding steroid dienone is 4. The van der Waals surface area contributed by atoms with E-state index < -0.39 is 0 Å². The summed E-state index contributed by atoms with van der Waals surface area (Å²) in [6.45, 7) is 3.91. The average molecular weight is 185 g/mol. The zero-order valence-electron chi connectivity index (χ0n) is 8.62. The second-order valence-corrected chi connectivity index (χ2v) is 2.99. The molecule has 0 atom stereocenters. The predicted octanol–water partition coefficient (Wildman–Crippen LogP) is 3.58. The van der Waals surface area contributed by atoms with Gasteiger partial charge in [-0.2, -0.15) is 0 Å². The second-order valence-electron chi connectivity index (χ2n) is 2.99. The Morgan fingerprint density at radius 3 is 2.29 bits per heavy atom. The lowest BCUT2D eigenvalue weighted by molar-refractivity contribution is 1.45. The zero-order chi connectivity index (χ0) is 10.4. The Morgan fingerprint density at radius 1 is 1.14 bits per heavy atom. The largest absolute Gasteiger partial charge is 0.300 e. The predicted molar refractivity (Wildman–Crippen MR) is 61.8 cm³/mol. The van der Waals surface area contributed by atoms with Crippen LogP contribution >= 0.6 is 0 Å². The molecule has 0 fully saturated rings. The third-order valence-corrected chi connectivity index (χ3v) is 2.01. The lowest BCUT2D eigenvalue weighted by atomic mass is 10.0. The van der Waals surface area contributed by atoms with Gasteiger partial charge < -0.3 is 0 Å². The molecule has 0 aliphatic heterocycles. The van der Waals surface area contributed by atoms with Gasteiger partial charge in [0.05, 0.1) is 5.71 Å². The molecule has 1 rings (SSSR count). The lowest BCUT2D eigenvalue weighted by Gasteiger charge is -2.03. The van der Waals surface area contributed by atoms with Gasteiger partial charge in [-0.3, -0.25) is 5.41 Å². The van der Waals surface area contributed by atoms with E-state index in [0.717, 1.165) is 11.1 Å². The van der Waals surface area contributed by atoms with Gasteiger partial charge in [-0.25, -0.2) is 0 Å². The van der Waals surface area contributed by atoms with Crippen molar-refractivity contribution >= 4 is 5.71 Å². The van der Waals surface area contributed by atoms with Crippen LogP contribution in [0.15, 0.2) is 54.1 Å². The Morgan fingerprint density at radius 2 is 1.79 bits per heavy atom. The van der Waals surface area contributed by atoms with Crippen LogP contribution in [0, 0.1) is 5.41 Å². The fraction of sp³-hybridized carbons (Fsp3) is 0.154. The summed E-state index contributed by atoms with van der Waals surface area (Å²) in [7, 11) is 0. The van der Waals surface area contributed by atoms with Crippen molar-refractivity contribution in [3.8, 4) is 0 Å². The van der Waals surface area contributed by atoms with Gasteiger partial charge >= 0.3 is 0 Å². The summed E-state index contributed by atoms with van der Waals surface area (Å²) in [6.07, 6.45) is 5.86. The van der Waals surface area contributed by atoms with Crippen molar-refractivity contribution in [1.29, 1.82) is 5.41 Å². The van der Waals surface area contributed by atoms with Crippen molar-refractivity contribution in [3.63, 3.8) is 0 Å². The molecule has 0 spiro atoms. The first kappa shape index (κ1) is 10.5. The third kappa shape index (κ3) is 2.43. The van der Waals surface area contributed by atoms with E-state index in [9.17, 15) is 0 Å². The number of nitrogens with one attached hydrogen (secondary N) is 1. The van der Waals surface area contributed by atoms with E-state index in [0.29, 0.717) is 5.71 Å². The Bertz CT molecular complexity index is 358. The topological polar surface area (TPSA) is 23.9 Å². The highest BCUT2D eigenvalue weighted by Crippen LogP contribution is 2.09. The summed E-state index contributed by atoms with van der Waals surface area (Å²) in [5.41, 5.74) is 2.49. The molecule has 1 heteroatoms. The van der Waals surface area contributed by atoms with E-state index in [-0.39, 0.29) is 0 Å². The lowest BCUT2D eigenvalue weighted by Crippen LogP contribution is -2.00. The molecule has 1 N–H and O–H groups in total. The van der Waals surface area contributed by atoms with Gasteiger partial charge in [0.2, 0.25) is 0 Å². The number of hydrogen-bond donors (Lipinski definition) is 1. The summed E-state index contributed by atoms with van der Waals surface area (Å²) < 4.78 is 0. The molecule has 0 amide bonds. The van der Waals surface area contributed by atoms with Crippen molar-refractivity contribution in [2.45, 2.75) is 13.8 Å². The van der Waals surface area contributed by atoms with Gasteiger partial charge in [0, 0.05) is 0 Å². The fourth-order valence-corrected chi connectivity index (χ4v) is 1.27. The quantitative estimate of drug-likeness (QED) is 0.550. The molecule has 0 aromatic heterocycles. The van der Waals surface area contributed by atoms with Gasteiger partial charge in [0.1, 0.15) is 0 Å². The molecule has 0 radical (unpaired) electrons. The summed E-state index contributed by atoms with van der Waals surface area (Å²) in [6, 6.07) is 9.77. The number of rotatable bonds is 3. The maximum absolute atomic E-state index is 7.97. The molecular formula is C13H15N. The van der Waals surface area contributed by atoms with E-state index in [1.165, 1.54) is 0 Å². The number of hydrogen-bond acceptors (Lipinski definition) is 1. The highest BCUT2D eigenvalue weighted by molar-refractivity contribution is 6.12. The van der Waals surface area contributed by atoms with Gasteiger partial charge in [-0.1, -0.05) is 48.6 Å². The smallest absolute Gasteiger partial charge is 0.0681 e. The van der Waals surface area contributed by atoms with Gasteiger partial charge in [0.25, 0.3) is 0 Å². The van der Waals surface area contributed by atoms with Gasteiger partial charge in [-0.05, 0) is 25.0 Å². The molecule has 0 aliphatic rings. The van der Waals surface area contributed by atoms with Crippen LogP contribution in [0.4, 0.5) is 0 Å². The maximum atomic E-state index is 7.97. The molecule has 72 valence electrons. The van der Waals surface area contributed by atoms with Crippen LogP contribution in [0.25, 0.3) is 0 Å². The monoisotopic (exact) mass is 185 g/mol. The average Bonchev–Trinajstić information content (AvgIpc) is 2.26. The Balaban J connectivity index is 2.96. The van der Waals surface area contributed by atoms with Crippen LogP contribution in [0.3, 0.4) is 0 Å². The molecule has 1 aromatic rings. The molecule has 0 heterocycles. The molecule has 0 unspecified atom stereocenters. The molecule has 0 saturated heterocycles. The van der Waals surface area contributed by atoms with E-state index >= 15 is 0 Å². The zero-order valence-corrected chi connectivity index (χ0v) is 8.62. The Kier molecular flexibility index (Phi) is 3.86.